The Morgan fingerprint density at radius 1 is 1.03 bits per heavy atom. The molecule has 0 saturated carbocycles. The largest absolute Gasteiger partial charge is 0.493 e. The molecule has 0 aliphatic carbocycles. The molecule has 8 nitrogen and oxygen atoms in total. The van der Waals surface area contributed by atoms with Crippen LogP contribution in [0.2, 0.25) is 0 Å². The predicted octanol–water partition coefficient (Wildman–Crippen LogP) is 2.29. The van der Waals surface area contributed by atoms with E-state index in [2.05, 4.69) is 10.1 Å². The van der Waals surface area contributed by atoms with E-state index in [9.17, 15) is 14.4 Å². The lowest BCUT2D eigenvalue weighted by molar-refractivity contribution is -0.140. The van der Waals surface area contributed by atoms with Gasteiger partial charge in [0.15, 0.2) is 11.5 Å². The molecule has 0 spiro atoms. The summed E-state index contributed by atoms with van der Waals surface area (Å²) in [5.74, 6) is -0.479. The first kappa shape index (κ1) is 22.1. The maximum Gasteiger partial charge on any atom is 0.307 e. The number of nitrogens with zero attached hydrogens (tertiary/aromatic N) is 1. The number of ether oxygens (including phenoxy) is 3. The van der Waals surface area contributed by atoms with Crippen molar-refractivity contribution >= 4 is 17.8 Å². The molecule has 0 saturated heterocycles. The summed E-state index contributed by atoms with van der Waals surface area (Å²) in [7, 11) is 6.05. The summed E-state index contributed by atoms with van der Waals surface area (Å²) >= 11 is 0. The first-order chi connectivity index (χ1) is 14.9. The molecule has 0 fully saturated rings. The Kier molecular flexibility index (Phi) is 6.79. The van der Waals surface area contributed by atoms with Crippen LogP contribution in [0, 0.1) is 0 Å². The third-order valence-electron chi connectivity index (χ3n) is 5.47. The Balaban J connectivity index is 2.03. The van der Waals surface area contributed by atoms with E-state index in [0.717, 1.165) is 5.56 Å². The average molecular weight is 426 g/mol. The van der Waals surface area contributed by atoms with Crippen molar-refractivity contribution in [1.82, 2.24) is 10.2 Å². The summed E-state index contributed by atoms with van der Waals surface area (Å²) in [6.07, 6.45) is 0.0619. The van der Waals surface area contributed by atoms with Crippen LogP contribution in [0.4, 0.5) is 0 Å². The lowest BCUT2D eigenvalue weighted by atomic mass is 9.79. The summed E-state index contributed by atoms with van der Waals surface area (Å²) in [6.45, 7) is 0.139. The van der Waals surface area contributed by atoms with E-state index in [1.54, 1.807) is 55.5 Å². The predicted molar refractivity (Wildman–Crippen MR) is 113 cm³/mol. The Hall–Kier alpha value is -3.55. The maximum absolute atomic E-state index is 13.3. The molecule has 1 aliphatic heterocycles. The summed E-state index contributed by atoms with van der Waals surface area (Å²) in [4.78, 5) is 39.3. The molecule has 164 valence electrons. The SMILES string of the molecule is COC(=O)CCNC(=O)[C@@H]1c2ccccc2C(=O)N(C)[C@H]1c1ccc(OC)c(OC)c1. The minimum atomic E-state index is -0.672. The molecule has 0 radical (unpaired) electrons. The second kappa shape index (κ2) is 9.51. The van der Waals surface area contributed by atoms with Crippen LogP contribution >= 0.6 is 0 Å². The highest BCUT2D eigenvalue weighted by Crippen LogP contribution is 2.43. The lowest BCUT2D eigenvalue weighted by Gasteiger charge is -2.40. The molecule has 8 heteroatoms. The second-order valence-corrected chi connectivity index (χ2v) is 7.16. The number of fused-ring (bicyclic) bond motifs is 1. The van der Waals surface area contributed by atoms with Gasteiger partial charge < -0.3 is 24.4 Å². The molecule has 2 amide bonds. The van der Waals surface area contributed by atoms with Crippen LogP contribution in [0.15, 0.2) is 42.5 Å². The number of hydrogen-bond acceptors (Lipinski definition) is 6. The van der Waals surface area contributed by atoms with Crippen molar-refractivity contribution in [1.29, 1.82) is 0 Å². The number of amides is 2. The number of hydrogen-bond donors (Lipinski definition) is 1. The molecule has 0 bridgehead atoms. The van der Waals surface area contributed by atoms with Crippen molar-refractivity contribution < 1.29 is 28.6 Å². The molecule has 2 aromatic rings. The van der Waals surface area contributed by atoms with Gasteiger partial charge in [-0.1, -0.05) is 24.3 Å². The lowest BCUT2D eigenvalue weighted by Crippen LogP contribution is -2.46. The first-order valence-electron chi connectivity index (χ1n) is 9.85. The fourth-order valence-corrected chi connectivity index (χ4v) is 3.91. The van der Waals surface area contributed by atoms with E-state index < -0.39 is 17.9 Å². The van der Waals surface area contributed by atoms with Crippen molar-refractivity contribution in [3.8, 4) is 11.5 Å². The van der Waals surface area contributed by atoms with E-state index in [4.69, 9.17) is 9.47 Å². The standard InChI is InChI=1S/C23H26N2O6/c1-25-21(14-9-10-17(29-2)18(13-14)30-3)20(22(27)24-12-11-19(26)31-4)15-7-5-6-8-16(15)23(25)28/h5-10,13,20-21H,11-12H2,1-4H3,(H,24,27)/t20-,21+/m1/s1. The number of benzene rings is 2. The molecule has 1 heterocycles. The smallest absolute Gasteiger partial charge is 0.307 e. The van der Waals surface area contributed by atoms with Crippen molar-refractivity contribution in [2.75, 3.05) is 34.9 Å². The summed E-state index contributed by atoms with van der Waals surface area (Å²) in [5.41, 5.74) is 1.85. The molecular weight excluding hydrogens is 400 g/mol. The number of methoxy groups -OCH3 is 3. The molecule has 1 aliphatic rings. The Labute approximate surface area is 181 Å². The minimum absolute atomic E-state index is 0.0619. The van der Waals surface area contributed by atoms with Crippen molar-refractivity contribution in [2.24, 2.45) is 0 Å². The first-order valence-corrected chi connectivity index (χ1v) is 9.85. The fraction of sp³-hybridized carbons (Fsp3) is 0.348. The molecule has 2 atom stereocenters. The quantitative estimate of drug-likeness (QED) is 0.683. The van der Waals surface area contributed by atoms with E-state index in [0.29, 0.717) is 22.6 Å². The van der Waals surface area contributed by atoms with Crippen molar-refractivity contribution in [2.45, 2.75) is 18.4 Å². The van der Waals surface area contributed by atoms with Gasteiger partial charge in [0.2, 0.25) is 5.91 Å². The van der Waals surface area contributed by atoms with Gasteiger partial charge in [-0.15, -0.1) is 0 Å². The number of carbonyl (C=O) groups excluding carboxylic acids is 3. The number of nitrogens with one attached hydrogen (secondary N) is 1. The van der Waals surface area contributed by atoms with Crippen molar-refractivity contribution in [3.63, 3.8) is 0 Å². The van der Waals surface area contributed by atoms with Gasteiger partial charge in [0.25, 0.3) is 5.91 Å². The number of likely N-dealkylation sites (N-methyl/N-ethyl adjacent to an activating group) is 1. The van der Waals surface area contributed by atoms with Crippen molar-refractivity contribution in [3.05, 3.63) is 59.2 Å². The van der Waals surface area contributed by atoms with Gasteiger partial charge >= 0.3 is 5.97 Å². The molecule has 31 heavy (non-hydrogen) atoms. The molecule has 1 N–H and O–H groups in total. The summed E-state index contributed by atoms with van der Waals surface area (Å²) in [5, 5.41) is 2.81. The average Bonchev–Trinajstić information content (AvgIpc) is 2.80. The monoisotopic (exact) mass is 426 g/mol. The van der Waals surface area contributed by atoms with Gasteiger partial charge in [0.1, 0.15) is 0 Å². The molecule has 0 aromatic heterocycles. The topological polar surface area (TPSA) is 94.2 Å². The Morgan fingerprint density at radius 2 is 1.74 bits per heavy atom. The van der Waals surface area contributed by atoms with Gasteiger partial charge in [0, 0.05) is 19.2 Å². The Bertz CT molecular complexity index is 990. The van der Waals surface area contributed by atoms with Crippen LogP contribution in [0.25, 0.3) is 0 Å². The van der Waals surface area contributed by atoms with Gasteiger partial charge in [-0.3, -0.25) is 14.4 Å². The van der Waals surface area contributed by atoms with Crippen LogP contribution in [-0.2, 0) is 14.3 Å². The zero-order valence-corrected chi connectivity index (χ0v) is 18.0. The van der Waals surface area contributed by atoms with E-state index >= 15 is 0 Å². The molecule has 3 rings (SSSR count). The highest BCUT2D eigenvalue weighted by molar-refractivity contribution is 6.01. The number of carbonyl (C=O) groups is 3. The second-order valence-electron chi connectivity index (χ2n) is 7.16. The van der Waals surface area contributed by atoms with Gasteiger partial charge in [-0.25, -0.2) is 0 Å². The third-order valence-corrected chi connectivity index (χ3v) is 5.47. The fourth-order valence-electron chi connectivity index (χ4n) is 3.91. The Morgan fingerprint density at radius 3 is 2.42 bits per heavy atom. The zero-order chi connectivity index (χ0) is 22.5. The number of rotatable bonds is 7. The highest BCUT2D eigenvalue weighted by atomic mass is 16.5. The van der Waals surface area contributed by atoms with Crippen LogP contribution in [0.3, 0.4) is 0 Å². The number of esters is 1. The van der Waals surface area contributed by atoms with Gasteiger partial charge in [0.05, 0.1) is 39.7 Å². The zero-order valence-electron chi connectivity index (χ0n) is 18.0. The molecule has 0 unspecified atom stereocenters. The molecule has 2 aromatic carbocycles. The molecular formula is C23H26N2O6. The van der Waals surface area contributed by atoms with Gasteiger partial charge in [-0.05, 0) is 29.3 Å². The minimum Gasteiger partial charge on any atom is -0.493 e. The van der Waals surface area contributed by atoms with Gasteiger partial charge in [-0.2, -0.15) is 0 Å². The van der Waals surface area contributed by atoms with E-state index in [1.807, 2.05) is 6.07 Å². The van der Waals surface area contributed by atoms with Crippen LogP contribution in [0.1, 0.15) is 39.9 Å². The van der Waals surface area contributed by atoms with Crippen LogP contribution in [-0.4, -0.2) is 57.6 Å². The summed E-state index contributed by atoms with van der Waals surface area (Å²) in [6, 6.07) is 11.9. The van der Waals surface area contributed by atoms with E-state index in [1.165, 1.54) is 14.2 Å². The highest BCUT2D eigenvalue weighted by Gasteiger charge is 2.42. The van der Waals surface area contributed by atoms with Crippen LogP contribution in [0.5, 0.6) is 11.5 Å². The maximum atomic E-state index is 13.3. The normalized spacial score (nSPS) is 17.5. The van der Waals surface area contributed by atoms with E-state index in [-0.39, 0.29) is 24.8 Å². The van der Waals surface area contributed by atoms with Crippen LogP contribution < -0.4 is 14.8 Å². The summed E-state index contributed by atoms with van der Waals surface area (Å²) < 4.78 is 15.4. The third kappa shape index (κ3) is 4.33.